The van der Waals surface area contributed by atoms with Crippen molar-refractivity contribution < 1.29 is 9.59 Å². The molecule has 1 heterocycles. The number of nitrogens with zero attached hydrogens (tertiary/aromatic N) is 2. The van der Waals surface area contributed by atoms with E-state index in [1.54, 1.807) is 0 Å². The standard InChI is InChI=1S/C11H20N4O2/c12-13-10(16)3-4-11(17)15-7-5-14(6-8-15)9-1-2-9/h9H,1-8,12H2,(H,13,16). The predicted molar refractivity (Wildman–Crippen MR) is 62.7 cm³/mol. The van der Waals surface area contributed by atoms with E-state index < -0.39 is 0 Å². The van der Waals surface area contributed by atoms with Gasteiger partial charge in [-0.05, 0) is 12.8 Å². The van der Waals surface area contributed by atoms with Gasteiger partial charge in [-0.1, -0.05) is 0 Å². The van der Waals surface area contributed by atoms with Gasteiger partial charge >= 0.3 is 0 Å². The van der Waals surface area contributed by atoms with Crippen LogP contribution in [0.5, 0.6) is 0 Å². The average Bonchev–Trinajstić information content (AvgIpc) is 3.20. The Morgan fingerprint density at radius 1 is 1.12 bits per heavy atom. The van der Waals surface area contributed by atoms with Gasteiger partial charge in [0.1, 0.15) is 0 Å². The Kier molecular flexibility index (Phi) is 3.96. The molecule has 1 saturated carbocycles. The second-order valence-corrected chi connectivity index (χ2v) is 4.72. The lowest BCUT2D eigenvalue weighted by atomic mass is 10.2. The summed E-state index contributed by atoms with van der Waals surface area (Å²) in [6.45, 7) is 3.53. The van der Waals surface area contributed by atoms with Gasteiger partial charge in [0, 0.05) is 45.1 Å². The number of rotatable bonds is 4. The van der Waals surface area contributed by atoms with Crippen molar-refractivity contribution in [2.75, 3.05) is 26.2 Å². The van der Waals surface area contributed by atoms with Crippen molar-refractivity contribution in [3.05, 3.63) is 0 Å². The molecule has 0 aromatic carbocycles. The number of hydrogen-bond donors (Lipinski definition) is 2. The summed E-state index contributed by atoms with van der Waals surface area (Å²) in [7, 11) is 0. The van der Waals surface area contributed by atoms with Gasteiger partial charge in [-0.25, -0.2) is 5.84 Å². The average molecular weight is 240 g/mol. The Bertz CT molecular complexity index is 296. The van der Waals surface area contributed by atoms with Gasteiger partial charge in [0.2, 0.25) is 11.8 Å². The zero-order chi connectivity index (χ0) is 12.3. The molecule has 1 saturated heterocycles. The number of carbonyl (C=O) groups is 2. The first kappa shape index (κ1) is 12.3. The molecule has 2 amide bonds. The van der Waals surface area contributed by atoms with Crippen LogP contribution in [0.1, 0.15) is 25.7 Å². The third kappa shape index (κ3) is 3.41. The van der Waals surface area contributed by atoms with Crippen molar-refractivity contribution >= 4 is 11.8 Å². The van der Waals surface area contributed by atoms with E-state index in [-0.39, 0.29) is 24.7 Å². The molecule has 6 nitrogen and oxygen atoms in total. The zero-order valence-corrected chi connectivity index (χ0v) is 10.0. The normalized spacial score (nSPS) is 21.4. The van der Waals surface area contributed by atoms with E-state index in [2.05, 4.69) is 4.90 Å². The first-order chi connectivity index (χ1) is 8.20. The summed E-state index contributed by atoms with van der Waals surface area (Å²) in [6, 6.07) is 0.773. The molecule has 0 bridgehead atoms. The molecule has 96 valence electrons. The van der Waals surface area contributed by atoms with Crippen molar-refractivity contribution in [2.45, 2.75) is 31.7 Å². The van der Waals surface area contributed by atoms with Crippen LogP contribution in [0.2, 0.25) is 0 Å². The Balaban J connectivity index is 1.68. The van der Waals surface area contributed by atoms with Crippen LogP contribution in [-0.4, -0.2) is 53.8 Å². The van der Waals surface area contributed by atoms with Crippen molar-refractivity contribution in [3.8, 4) is 0 Å². The molecular weight excluding hydrogens is 220 g/mol. The minimum Gasteiger partial charge on any atom is -0.340 e. The van der Waals surface area contributed by atoms with Gasteiger partial charge in [0.25, 0.3) is 0 Å². The lowest BCUT2D eigenvalue weighted by Crippen LogP contribution is -2.49. The van der Waals surface area contributed by atoms with E-state index in [9.17, 15) is 9.59 Å². The summed E-state index contributed by atoms with van der Waals surface area (Å²) in [4.78, 5) is 27.0. The number of carbonyl (C=O) groups excluding carboxylic acids is 2. The molecule has 2 fully saturated rings. The Morgan fingerprint density at radius 3 is 2.29 bits per heavy atom. The van der Waals surface area contributed by atoms with E-state index in [0.717, 1.165) is 32.2 Å². The van der Waals surface area contributed by atoms with Gasteiger partial charge in [0.15, 0.2) is 0 Å². The summed E-state index contributed by atoms with van der Waals surface area (Å²) < 4.78 is 0. The summed E-state index contributed by atoms with van der Waals surface area (Å²) in [5.41, 5.74) is 2.04. The fourth-order valence-corrected chi connectivity index (χ4v) is 2.23. The number of hydrogen-bond acceptors (Lipinski definition) is 4. The monoisotopic (exact) mass is 240 g/mol. The van der Waals surface area contributed by atoms with Crippen LogP contribution in [0.15, 0.2) is 0 Å². The molecule has 0 atom stereocenters. The quantitative estimate of drug-likeness (QED) is 0.378. The van der Waals surface area contributed by atoms with E-state index in [0.29, 0.717) is 0 Å². The van der Waals surface area contributed by atoms with E-state index in [1.807, 2.05) is 10.3 Å². The maximum absolute atomic E-state index is 11.8. The highest BCUT2D eigenvalue weighted by molar-refractivity contribution is 5.83. The molecule has 0 aromatic heterocycles. The summed E-state index contributed by atoms with van der Waals surface area (Å²) >= 11 is 0. The van der Waals surface area contributed by atoms with Gasteiger partial charge in [-0.2, -0.15) is 0 Å². The molecule has 3 N–H and O–H groups in total. The fourth-order valence-electron chi connectivity index (χ4n) is 2.23. The lowest BCUT2D eigenvalue weighted by Gasteiger charge is -2.34. The van der Waals surface area contributed by atoms with Crippen LogP contribution in [0, 0.1) is 0 Å². The highest BCUT2D eigenvalue weighted by Crippen LogP contribution is 2.27. The van der Waals surface area contributed by atoms with Crippen LogP contribution in [0.3, 0.4) is 0 Å². The Labute approximate surface area is 101 Å². The summed E-state index contributed by atoms with van der Waals surface area (Å²) in [5.74, 6) is 4.74. The molecule has 0 spiro atoms. The molecule has 0 radical (unpaired) electrons. The largest absolute Gasteiger partial charge is 0.340 e. The van der Waals surface area contributed by atoms with Gasteiger partial charge in [-0.3, -0.25) is 19.9 Å². The van der Waals surface area contributed by atoms with Gasteiger partial charge in [-0.15, -0.1) is 0 Å². The highest BCUT2D eigenvalue weighted by Gasteiger charge is 2.32. The van der Waals surface area contributed by atoms with Crippen molar-refractivity contribution in [2.24, 2.45) is 5.84 Å². The topological polar surface area (TPSA) is 78.7 Å². The molecular formula is C11H20N4O2. The first-order valence-electron chi connectivity index (χ1n) is 6.22. The molecule has 1 aliphatic carbocycles. The highest BCUT2D eigenvalue weighted by atomic mass is 16.2. The molecule has 17 heavy (non-hydrogen) atoms. The van der Waals surface area contributed by atoms with Crippen LogP contribution < -0.4 is 11.3 Å². The van der Waals surface area contributed by atoms with Gasteiger partial charge < -0.3 is 4.90 Å². The van der Waals surface area contributed by atoms with E-state index in [4.69, 9.17) is 5.84 Å². The van der Waals surface area contributed by atoms with Crippen molar-refractivity contribution in [3.63, 3.8) is 0 Å². The minimum atomic E-state index is -0.282. The third-order valence-corrected chi connectivity index (χ3v) is 3.46. The molecule has 2 aliphatic rings. The summed E-state index contributed by atoms with van der Waals surface area (Å²) in [5, 5.41) is 0. The maximum Gasteiger partial charge on any atom is 0.234 e. The fraction of sp³-hybridized carbons (Fsp3) is 0.818. The number of piperazine rings is 1. The van der Waals surface area contributed by atoms with Gasteiger partial charge in [0.05, 0.1) is 0 Å². The van der Waals surface area contributed by atoms with Crippen LogP contribution in [0.4, 0.5) is 0 Å². The lowest BCUT2D eigenvalue weighted by molar-refractivity contribution is -0.135. The molecule has 6 heteroatoms. The smallest absolute Gasteiger partial charge is 0.234 e. The third-order valence-electron chi connectivity index (χ3n) is 3.46. The van der Waals surface area contributed by atoms with E-state index >= 15 is 0 Å². The maximum atomic E-state index is 11.8. The van der Waals surface area contributed by atoms with Crippen molar-refractivity contribution in [1.82, 2.24) is 15.2 Å². The predicted octanol–water partition coefficient (Wildman–Crippen LogP) is -0.937. The second-order valence-electron chi connectivity index (χ2n) is 4.72. The molecule has 2 rings (SSSR count). The molecule has 0 unspecified atom stereocenters. The zero-order valence-electron chi connectivity index (χ0n) is 10.0. The minimum absolute atomic E-state index is 0.0593. The van der Waals surface area contributed by atoms with E-state index in [1.165, 1.54) is 12.8 Å². The first-order valence-corrected chi connectivity index (χ1v) is 6.22. The number of hydrazine groups is 1. The number of nitrogens with two attached hydrogens (primary N) is 1. The van der Waals surface area contributed by atoms with Crippen LogP contribution in [0.25, 0.3) is 0 Å². The molecule has 1 aliphatic heterocycles. The summed E-state index contributed by atoms with van der Waals surface area (Å²) in [6.07, 6.45) is 3.06. The van der Waals surface area contributed by atoms with Crippen molar-refractivity contribution in [1.29, 1.82) is 0 Å². The Hall–Kier alpha value is -1.14. The van der Waals surface area contributed by atoms with Crippen LogP contribution >= 0.6 is 0 Å². The number of amides is 2. The Morgan fingerprint density at radius 2 is 1.76 bits per heavy atom. The second kappa shape index (κ2) is 5.46. The number of nitrogens with one attached hydrogen (secondary N) is 1. The SMILES string of the molecule is NNC(=O)CCC(=O)N1CCN(C2CC2)CC1. The van der Waals surface area contributed by atoms with Crippen LogP contribution in [-0.2, 0) is 9.59 Å². The molecule has 0 aromatic rings.